The molecule has 0 fully saturated rings. The van der Waals surface area contributed by atoms with Gasteiger partial charge in [-0.1, -0.05) is 12.1 Å². The standard InChI is InChI=1S/C13H11N3O2S/c1-7-15-10(6-19-7)12(17)16-9-4-2-3-8-5-14-13(18)11(8)9/h2-4,6H,5H2,1H3,(H,14,18)(H,16,17). The summed E-state index contributed by atoms with van der Waals surface area (Å²) in [6, 6.07) is 5.41. The van der Waals surface area contributed by atoms with E-state index in [-0.39, 0.29) is 11.8 Å². The number of nitrogens with zero attached hydrogens (tertiary/aromatic N) is 1. The van der Waals surface area contributed by atoms with E-state index in [0.717, 1.165) is 10.6 Å². The van der Waals surface area contributed by atoms with Crippen LogP contribution in [0.3, 0.4) is 0 Å². The number of fused-ring (bicyclic) bond motifs is 1. The SMILES string of the molecule is Cc1nc(C(=O)Nc2cccc3c2C(=O)NC3)cs1. The minimum absolute atomic E-state index is 0.152. The van der Waals surface area contributed by atoms with E-state index >= 15 is 0 Å². The largest absolute Gasteiger partial charge is 0.348 e. The topological polar surface area (TPSA) is 71.1 Å². The van der Waals surface area contributed by atoms with Gasteiger partial charge in [-0.15, -0.1) is 11.3 Å². The van der Waals surface area contributed by atoms with Gasteiger partial charge in [-0.2, -0.15) is 0 Å². The van der Waals surface area contributed by atoms with E-state index in [1.807, 2.05) is 19.1 Å². The van der Waals surface area contributed by atoms with Crippen LogP contribution in [0.4, 0.5) is 5.69 Å². The van der Waals surface area contributed by atoms with Gasteiger partial charge in [-0.25, -0.2) is 4.98 Å². The van der Waals surface area contributed by atoms with Gasteiger partial charge in [-0.05, 0) is 18.6 Å². The monoisotopic (exact) mass is 273 g/mol. The van der Waals surface area contributed by atoms with Crippen molar-refractivity contribution in [1.82, 2.24) is 10.3 Å². The molecule has 0 aliphatic carbocycles. The smallest absolute Gasteiger partial charge is 0.275 e. The molecule has 1 aliphatic heterocycles. The highest BCUT2D eigenvalue weighted by molar-refractivity contribution is 7.09. The lowest BCUT2D eigenvalue weighted by Gasteiger charge is -2.07. The van der Waals surface area contributed by atoms with Crippen LogP contribution in [0, 0.1) is 6.92 Å². The molecule has 2 aromatic rings. The van der Waals surface area contributed by atoms with Crippen LogP contribution in [0.5, 0.6) is 0 Å². The van der Waals surface area contributed by atoms with E-state index in [1.54, 1.807) is 11.4 Å². The van der Waals surface area contributed by atoms with Crippen molar-refractivity contribution in [3.05, 3.63) is 45.4 Å². The molecule has 0 bridgehead atoms. The summed E-state index contributed by atoms with van der Waals surface area (Å²) in [6.45, 7) is 2.35. The van der Waals surface area contributed by atoms with Gasteiger partial charge in [0.2, 0.25) is 0 Å². The third kappa shape index (κ3) is 2.10. The normalized spacial score (nSPS) is 13.0. The lowest BCUT2D eigenvalue weighted by atomic mass is 10.1. The van der Waals surface area contributed by atoms with Crippen LogP contribution < -0.4 is 10.6 Å². The Bertz CT molecular complexity index is 678. The Hall–Kier alpha value is -2.21. The van der Waals surface area contributed by atoms with E-state index in [1.165, 1.54) is 11.3 Å². The Morgan fingerprint density at radius 2 is 2.32 bits per heavy atom. The second kappa shape index (κ2) is 4.47. The van der Waals surface area contributed by atoms with Gasteiger partial charge in [0.05, 0.1) is 16.3 Å². The fourth-order valence-corrected chi connectivity index (χ4v) is 2.63. The molecule has 6 heteroatoms. The van der Waals surface area contributed by atoms with Crippen molar-refractivity contribution in [3.63, 3.8) is 0 Å². The average molecular weight is 273 g/mol. The highest BCUT2D eigenvalue weighted by Gasteiger charge is 2.23. The number of aromatic nitrogens is 1. The quantitative estimate of drug-likeness (QED) is 0.878. The Morgan fingerprint density at radius 1 is 1.47 bits per heavy atom. The third-order valence-electron chi connectivity index (χ3n) is 2.92. The van der Waals surface area contributed by atoms with E-state index in [2.05, 4.69) is 15.6 Å². The number of thiazole rings is 1. The van der Waals surface area contributed by atoms with Gasteiger partial charge in [0.25, 0.3) is 11.8 Å². The average Bonchev–Trinajstić information content (AvgIpc) is 2.97. The van der Waals surface area contributed by atoms with Gasteiger partial charge >= 0.3 is 0 Å². The van der Waals surface area contributed by atoms with Crippen LogP contribution in [0.1, 0.15) is 31.4 Å². The summed E-state index contributed by atoms with van der Waals surface area (Å²) in [7, 11) is 0. The lowest BCUT2D eigenvalue weighted by Crippen LogP contribution is -2.17. The number of amides is 2. The zero-order valence-electron chi connectivity index (χ0n) is 10.2. The zero-order chi connectivity index (χ0) is 13.4. The maximum Gasteiger partial charge on any atom is 0.275 e. The number of aryl methyl sites for hydroxylation is 1. The Labute approximate surface area is 113 Å². The van der Waals surface area contributed by atoms with E-state index in [0.29, 0.717) is 23.5 Å². The number of rotatable bonds is 2. The van der Waals surface area contributed by atoms with Crippen LogP contribution in [-0.4, -0.2) is 16.8 Å². The predicted molar refractivity (Wildman–Crippen MR) is 72.4 cm³/mol. The van der Waals surface area contributed by atoms with Crippen LogP contribution in [0.2, 0.25) is 0 Å². The van der Waals surface area contributed by atoms with Crippen molar-refractivity contribution < 1.29 is 9.59 Å². The number of anilines is 1. The molecule has 2 amide bonds. The Kier molecular flexibility index (Phi) is 2.79. The molecule has 5 nitrogen and oxygen atoms in total. The van der Waals surface area contributed by atoms with Crippen LogP contribution in [0.25, 0.3) is 0 Å². The van der Waals surface area contributed by atoms with Crippen molar-refractivity contribution in [3.8, 4) is 0 Å². The molecule has 0 radical (unpaired) electrons. The lowest BCUT2D eigenvalue weighted by molar-refractivity contribution is 0.0966. The van der Waals surface area contributed by atoms with Gasteiger partial charge < -0.3 is 10.6 Å². The summed E-state index contributed by atoms with van der Waals surface area (Å²) in [6.07, 6.45) is 0. The Balaban J connectivity index is 1.91. The first kappa shape index (κ1) is 11.9. The molecule has 0 atom stereocenters. The molecule has 96 valence electrons. The minimum Gasteiger partial charge on any atom is -0.348 e. The summed E-state index contributed by atoms with van der Waals surface area (Å²) in [5, 5.41) is 8.02. The van der Waals surface area contributed by atoms with Gasteiger partial charge in [0.1, 0.15) is 5.69 Å². The summed E-state index contributed by atoms with van der Waals surface area (Å²) in [4.78, 5) is 27.9. The highest BCUT2D eigenvalue weighted by atomic mass is 32.1. The maximum absolute atomic E-state index is 12.0. The summed E-state index contributed by atoms with van der Waals surface area (Å²) in [5.41, 5.74) is 2.35. The second-order valence-corrected chi connectivity index (χ2v) is 5.29. The van der Waals surface area contributed by atoms with Crippen LogP contribution in [0.15, 0.2) is 23.6 Å². The first-order chi connectivity index (χ1) is 9.15. The van der Waals surface area contributed by atoms with Crippen molar-refractivity contribution in [1.29, 1.82) is 0 Å². The molecule has 3 rings (SSSR count). The number of carbonyl (C=O) groups is 2. The van der Waals surface area contributed by atoms with Gasteiger partial charge in [0.15, 0.2) is 0 Å². The first-order valence-electron chi connectivity index (χ1n) is 5.79. The molecular formula is C13H11N3O2S. The molecule has 19 heavy (non-hydrogen) atoms. The predicted octanol–water partition coefficient (Wildman–Crippen LogP) is 1.95. The minimum atomic E-state index is -0.294. The molecule has 1 aromatic carbocycles. The van der Waals surface area contributed by atoms with Gasteiger partial charge in [0, 0.05) is 11.9 Å². The number of nitrogens with one attached hydrogen (secondary N) is 2. The number of benzene rings is 1. The second-order valence-electron chi connectivity index (χ2n) is 4.23. The Morgan fingerprint density at radius 3 is 3.05 bits per heavy atom. The van der Waals surface area contributed by atoms with E-state index < -0.39 is 0 Å². The molecule has 2 heterocycles. The first-order valence-corrected chi connectivity index (χ1v) is 6.66. The van der Waals surface area contributed by atoms with Crippen molar-refractivity contribution in [2.24, 2.45) is 0 Å². The van der Waals surface area contributed by atoms with Crippen molar-refractivity contribution in [2.45, 2.75) is 13.5 Å². The molecule has 0 saturated heterocycles. The summed E-state index contributed by atoms with van der Waals surface area (Å²) in [5.74, 6) is -0.446. The van der Waals surface area contributed by atoms with Crippen molar-refractivity contribution >= 4 is 28.8 Å². The molecule has 1 aromatic heterocycles. The molecular weight excluding hydrogens is 262 g/mol. The summed E-state index contributed by atoms with van der Waals surface area (Å²) >= 11 is 1.42. The molecule has 0 spiro atoms. The highest BCUT2D eigenvalue weighted by Crippen LogP contribution is 2.24. The fourth-order valence-electron chi connectivity index (χ4n) is 2.04. The molecule has 0 saturated carbocycles. The summed E-state index contributed by atoms with van der Waals surface area (Å²) < 4.78 is 0. The third-order valence-corrected chi connectivity index (χ3v) is 3.69. The van der Waals surface area contributed by atoms with E-state index in [9.17, 15) is 9.59 Å². The molecule has 2 N–H and O–H groups in total. The number of hydrogen-bond acceptors (Lipinski definition) is 4. The zero-order valence-corrected chi connectivity index (χ0v) is 11.0. The molecule has 0 unspecified atom stereocenters. The van der Waals surface area contributed by atoms with Gasteiger partial charge in [-0.3, -0.25) is 9.59 Å². The maximum atomic E-state index is 12.0. The number of hydrogen-bond donors (Lipinski definition) is 2. The van der Waals surface area contributed by atoms with Crippen LogP contribution >= 0.6 is 11.3 Å². The molecule has 1 aliphatic rings. The number of carbonyl (C=O) groups excluding carboxylic acids is 2. The fraction of sp³-hybridized carbons (Fsp3) is 0.154. The van der Waals surface area contributed by atoms with Crippen molar-refractivity contribution in [2.75, 3.05) is 5.32 Å². The van der Waals surface area contributed by atoms with Crippen LogP contribution in [-0.2, 0) is 6.54 Å². The van der Waals surface area contributed by atoms with E-state index in [4.69, 9.17) is 0 Å².